The SMILES string of the molecule is C[N+]1=C(/C=C/C=[C-]/C=C/C=C2\CCCN2)CCC1.[Y]. The van der Waals surface area contributed by atoms with Gasteiger partial charge in [-0.25, -0.2) is 4.58 Å². The molecule has 0 aliphatic carbocycles. The summed E-state index contributed by atoms with van der Waals surface area (Å²) in [4.78, 5) is 0. The van der Waals surface area contributed by atoms with E-state index in [0.29, 0.717) is 0 Å². The molecule has 3 heteroatoms. The van der Waals surface area contributed by atoms with Crippen molar-refractivity contribution in [3.05, 3.63) is 48.2 Å². The molecule has 0 aromatic carbocycles. The molecule has 2 rings (SSSR count). The summed E-state index contributed by atoms with van der Waals surface area (Å²) in [6, 6.07) is 0. The third kappa shape index (κ3) is 6.01. The monoisotopic (exact) mass is 331 g/mol. The van der Waals surface area contributed by atoms with Crippen LogP contribution in [0.3, 0.4) is 0 Å². The van der Waals surface area contributed by atoms with Gasteiger partial charge in [0.15, 0.2) is 5.71 Å². The zero-order valence-corrected chi connectivity index (χ0v) is 14.6. The van der Waals surface area contributed by atoms with E-state index in [0.717, 1.165) is 6.54 Å². The Balaban J connectivity index is 0.00000180. The van der Waals surface area contributed by atoms with Crippen LogP contribution in [0.5, 0.6) is 0 Å². The van der Waals surface area contributed by atoms with Crippen LogP contribution in [-0.4, -0.2) is 30.4 Å². The molecule has 2 nitrogen and oxygen atoms in total. The van der Waals surface area contributed by atoms with Crippen LogP contribution < -0.4 is 5.32 Å². The van der Waals surface area contributed by atoms with E-state index in [9.17, 15) is 0 Å². The van der Waals surface area contributed by atoms with E-state index in [-0.39, 0.29) is 32.7 Å². The molecule has 1 fully saturated rings. The molecule has 2 heterocycles. The average Bonchev–Trinajstić information content (AvgIpc) is 3.00. The van der Waals surface area contributed by atoms with Crippen LogP contribution in [0.25, 0.3) is 0 Å². The van der Waals surface area contributed by atoms with Crippen molar-refractivity contribution in [2.24, 2.45) is 0 Å². The topological polar surface area (TPSA) is 15.0 Å². The Morgan fingerprint density at radius 2 is 2.11 bits per heavy atom. The van der Waals surface area contributed by atoms with Gasteiger partial charge in [0.1, 0.15) is 13.6 Å². The van der Waals surface area contributed by atoms with Crippen molar-refractivity contribution in [2.75, 3.05) is 20.1 Å². The van der Waals surface area contributed by atoms with E-state index in [4.69, 9.17) is 0 Å². The van der Waals surface area contributed by atoms with Crippen LogP contribution in [0, 0.1) is 6.08 Å². The Bertz CT molecular complexity index is 420. The number of nitrogens with zero attached hydrogens (tertiary/aromatic N) is 1. The molecule has 99 valence electrons. The van der Waals surface area contributed by atoms with Crippen LogP contribution in [0.2, 0.25) is 0 Å². The molecular formula is C16H22N2Y. The first kappa shape index (κ1) is 16.6. The second kappa shape index (κ2) is 9.44. The van der Waals surface area contributed by atoms with Crippen LogP contribution >= 0.6 is 0 Å². The molecule has 2 aliphatic heterocycles. The molecule has 1 radical (unpaired) electrons. The fraction of sp³-hybridized carbons (Fsp3) is 0.438. The van der Waals surface area contributed by atoms with Gasteiger partial charge in [-0.05, 0) is 24.6 Å². The Kier molecular flexibility index (Phi) is 8.24. The Morgan fingerprint density at radius 1 is 1.21 bits per heavy atom. The van der Waals surface area contributed by atoms with E-state index >= 15 is 0 Å². The van der Waals surface area contributed by atoms with E-state index < -0.39 is 0 Å². The van der Waals surface area contributed by atoms with Crippen molar-refractivity contribution in [2.45, 2.75) is 25.7 Å². The minimum Gasteiger partial charge on any atom is -0.389 e. The third-order valence-corrected chi connectivity index (χ3v) is 3.36. The molecule has 0 unspecified atom stereocenters. The maximum absolute atomic E-state index is 3.35. The molecule has 0 atom stereocenters. The summed E-state index contributed by atoms with van der Waals surface area (Å²) in [6.07, 6.45) is 20.4. The van der Waals surface area contributed by atoms with Gasteiger partial charge in [0.05, 0.1) is 0 Å². The van der Waals surface area contributed by atoms with Crippen LogP contribution in [0.15, 0.2) is 42.2 Å². The summed E-state index contributed by atoms with van der Waals surface area (Å²) in [5.74, 6) is 0. The van der Waals surface area contributed by atoms with E-state index in [1.807, 2.05) is 18.2 Å². The van der Waals surface area contributed by atoms with Gasteiger partial charge >= 0.3 is 0 Å². The number of nitrogens with one attached hydrogen (secondary N) is 1. The largest absolute Gasteiger partial charge is 0.389 e. The predicted octanol–water partition coefficient (Wildman–Crippen LogP) is 2.60. The molecule has 1 saturated heterocycles. The van der Waals surface area contributed by atoms with Crippen LogP contribution in [-0.2, 0) is 32.7 Å². The van der Waals surface area contributed by atoms with Gasteiger partial charge in [-0.2, -0.15) is 30.4 Å². The number of hydrogen-bond donors (Lipinski definition) is 1. The van der Waals surface area contributed by atoms with Crippen molar-refractivity contribution >= 4 is 5.71 Å². The molecule has 0 spiro atoms. The summed E-state index contributed by atoms with van der Waals surface area (Å²) in [5.41, 5.74) is 2.76. The fourth-order valence-corrected chi connectivity index (χ4v) is 2.29. The van der Waals surface area contributed by atoms with Gasteiger partial charge in [0, 0.05) is 52.1 Å². The normalized spacial score (nSPS) is 22.1. The summed E-state index contributed by atoms with van der Waals surface area (Å²) < 4.78 is 2.32. The average molecular weight is 331 g/mol. The third-order valence-electron chi connectivity index (χ3n) is 3.36. The van der Waals surface area contributed by atoms with Gasteiger partial charge in [0.25, 0.3) is 0 Å². The molecule has 0 saturated carbocycles. The van der Waals surface area contributed by atoms with E-state index in [2.05, 4.69) is 41.2 Å². The zero-order chi connectivity index (χ0) is 12.6. The van der Waals surface area contributed by atoms with Crippen molar-refractivity contribution < 1.29 is 37.3 Å². The molecule has 19 heavy (non-hydrogen) atoms. The smallest absolute Gasteiger partial charge is 0.163 e. The minimum absolute atomic E-state index is 0. The second-order valence-electron chi connectivity index (χ2n) is 4.79. The number of hydrogen-bond acceptors (Lipinski definition) is 1. The van der Waals surface area contributed by atoms with Gasteiger partial charge in [-0.15, -0.1) is 0 Å². The van der Waals surface area contributed by atoms with Crippen molar-refractivity contribution in [1.29, 1.82) is 0 Å². The first-order valence-corrected chi connectivity index (χ1v) is 6.79. The Morgan fingerprint density at radius 3 is 2.79 bits per heavy atom. The van der Waals surface area contributed by atoms with Crippen molar-refractivity contribution in [1.82, 2.24) is 5.32 Å². The molecule has 0 aromatic rings. The van der Waals surface area contributed by atoms with E-state index in [1.54, 1.807) is 0 Å². The van der Waals surface area contributed by atoms with Crippen molar-refractivity contribution in [3.63, 3.8) is 0 Å². The molecule has 2 aliphatic rings. The van der Waals surface area contributed by atoms with Gasteiger partial charge in [0.2, 0.25) is 0 Å². The number of allylic oxidation sites excluding steroid dienone is 8. The Labute approximate surface area is 141 Å². The standard InChI is InChI=1S/C16H21N2.Y/c1-18-14-8-12-16(18)11-6-4-2-3-5-9-15-10-7-13-17-15;/h3-6,9,11H,7-8,10,12-14H2,1H3;/q-1;/p+1. The minimum atomic E-state index is 0. The van der Waals surface area contributed by atoms with Gasteiger partial charge in [-0.3, -0.25) is 0 Å². The zero-order valence-electron chi connectivity index (χ0n) is 11.7. The van der Waals surface area contributed by atoms with Gasteiger partial charge in [-0.1, -0.05) is 6.08 Å². The molecular weight excluding hydrogens is 309 g/mol. The predicted molar refractivity (Wildman–Crippen MR) is 76.7 cm³/mol. The fourth-order valence-electron chi connectivity index (χ4n) is 2.29. The van der Waals surface area contributed by atoms with Crippen LogP contribution in [0.4, 0.5) is 0 Å². The van der Waals surface area contributed by atoms with Crippen LogP contribution in [0.1, 0.15) is 25.7 Å². The summed E-state index contributed by atoms with van der Waals surface area (Å²) in [5, 5.41) is 3.35. The Hall–Kier alpha value is -0.466. The first-order valence-electron chi connectivity index (χ1n) is 6.79. The summed E-state index contributed by atoms with van der Waals surface area (Å²) >= 11 is 0. The quantitative estimate of drug-likeness (QED) is 0.475. The molecule has 0 bridgehead atoms. The maximum Gasteiger partial charge on any atom is 0.163 e. The van der Waals surface area contributed by atoms with Crippen molar-refractivity contribution in [3.8, 4) is 0 Å². The molecule has 0 aromatic heterocycles. The molecule has 0 amide bonds. The van der Waals surface area contributed by atoms with Gasteiger partial charge < -0.3 is 5.32 Å². The second-order valence-corrected chi connectivity index (χ2v) is 4.79. The summed E-state index contributed by atoms with van der Waals surface area (Å²) in [7, 11) is 2.15. The summed E-state index contributed by atoms with van der Waals surface area (Å²) in [6.45, 7) is 2.31. The maximum atomic E-state index is 3.35. The van der Waals surface area contributed by atoms with E-state index in [1.165, 1.54) is 43.6 Å². The number of rotatable bonds is 4. The first-order chi connectivity index (χ1) is 8.86. The molecule has 1 N–H and O–H groups in total.